The lowest BCUT2D eigenvalue weighted by atomic mass is 9.74. The molecular formula is C19H16F3NO2. The maximum atomic E-state index is 14.0. The monoisotopic (exact) mass is 347 g/mol. The van der Waals surface area contributed by atoms with Crippen LogP contribution in [-0.4, -0.2) is 25.3 Å². The highest BCUT2D eigenvalue weighted by molar-refractivity contribution is 5.95. The van der Waals surface area contributed by atoms with Gasteiger partial charge in [0, 0.05) is 11.8 Å². The number of aliphatic imine (C=N–C) groups is 1. The molecule has 0 fully saturated rings. The van der Waals surface area contributed by atoms with Crippen LogP contribution in [0.1, 0.15) is 28.4 Å². The molecule has 25 heavy (non-hydrogen) atoms. The van der Waals surface area contributed by atoms with E-state index in [1.165, 1.54) is 44.4 Å². The first-order valence-electron chi connectivity index (χ1n) is 7.67. The zero-order chi connectivity index (χ0) is 18.2. The molecule has 0 amide bonds. The van der Waals surface area contributed by atoms with Crippen molar-refractivity contribution < 1.29 is 22.7 Å². The summed E-state index contributed by atoms with van der Waals surface area (Å²) < 4.78 is 47.1. The van der Waals surface area contributed by atoms with Crippen molar-refractivity contribution in [2.24, 2.45) is 4.99 Å². The molecule has 0 N–H and O–H groups in total. The number of hydrogen-bond acceptors (Lipinski definition) is 3. The van der Waals surface area contributed by atoms with Gasteiger partial charge < -0.3 is 4.74 Å². The molecule has 130 valence electrons. The Balaban J connectivity index is 2.12. The van der Waals surface area contributed by atoms with Gasteiger partial charge in [0.1, 0.15) is 11.2 Å². The van der Waals surface area contributed by atoms with Crippen LogP contribution in [0.5, 0.6) is 5.75 Å². The summed E-state index contributed by atoms with van der Waals surface area (Å²) in [5.74, 6) is 0.285. The molecule has 0 bridgehead atoms. The van der Waals surface area contributed by atoms with Gasteiger partial charge in [0.05, 0.1) is 12.8 Å². The van der Waals surface area contributed by atoms with Crippen molar-refractivity contribution in [3.8, 4) is 5.75 Å². The number of benzene rings is 2. The van der Waals surface area contributed by atoms with Crippen LogP contribution in [0, 0.1) is 0 Å². The van der Waals surface area contributed by atoms with E-state index in [0.717, 1.165) is 6.21 Å². The van der Waals surface area contributed by atoms with Crippen molar-refractivity contribution in [3.05, 3.63) is 59.2 Å². The van der Waals surface area contributed by atoms with Crippen molar-refractivity contribution in [2.45, 2.75) is 24.9 Å². The first-order chi connectivity index (χ1) is 11.8. The minimum Gasteiger partial charge on any atom is -0.497 e. The molecule has 2 aromatic carbocycles. The molecular weight excluding hydrogens is 331 g/mol. The minimum atomic E-state index is -4.53. The number of ether oxygens (including phenoxy) is 1. The highest BCUT2D eigenvalue weighted by Crippen LogP contribution is 2.46. The van der Waals surface area contributed by atoms with Crippen LogP contribution in [0.3, 0.4) is 0 Å². The van der Waals surface area contributed by atoms with Gasteiger partial charge in [-0.15, -0.1) is 0 Å². The number of methoxy groups -OCH3 is 1. The second-order valence-corrected chi connectivity index (χ2v) is 6.03. The zero-order valence-electron chi connectivity index (χ0n) is 13.7. The van der Waals surface area contributed by atoms with Gasteiger partial charge in [-0.25, -0.2) is 0 Å². The number of nitrogens with zero attached hydrogens (tertiary/aromatic N) is 1. The molecule has 1 aliphatic rings. The normalized spacial score (nSPS) is 19.4. The van der Waals surface area contributed by atoms with Gasteiger partial charge in [0.15, 0.2) is 5.78 Å². The number of carbonyl (C=O) groups is 1. The van der Waals surface area contributed by atoms with Crippen LogP contribution in [0.4, 0.5) is 18.9 Å². The average molecular weight is 347 g/mol. The molecule has 0 saturated heterocycles. The summed E-state index contributed by atoms with van der Waals surface area (Å²) in [6, 6.07) is 10.5. The Morgan fingerprint density at radius 2 is 1.84 bits per heavy atom. The number of fused-ring (bicyclic) bond motifs is 1. The van der Waals surface area contributed by atoms with Crippen LogP contribution < -0.4 is 4.74 Å². The van der Waals surface area contributed by atoms with Crippen LogP contribution in [0.25, 0.3) is 0 Å². The third-order valence-electron chi connectivity index (χ3n) is 4.49. The fourth-order valence-electron chi connectivity index (χ4n) is 3.00. The minimum absolute atomic E-state index is 0.0865. The van der Waals surface area contributed by atoms with E-state index in [1.807, 2.05) is 0 Å². The summed E-state index contributed by atoms with van der Waals surface area (Å²) >= 11 is 0. The topological polar surface area (TPSA) is 38.7 Å². The van der Waals surface area contributed by atoms with Crippen molar-refractivity contribution in [1.82, 2.24) is 0 Å². The maximum absolute atomic E-state index is 14.0. The number of alkyl halides is 3. The maximum Gasteiger partial charge on any atom is 0.403 e. The van der Waals surface area contributed by atoms with Crippen LogP contribution in [0.15, 0.2) is 47.5 Å². The number of Topliss-reactive ketones (excluding diaryl/α,β-unsaturated/α-hetero) is 1. The molecule has 0 saturated carbocycles. The highest BCUT2D eigenvalue weighted by Gasteiger charge is 2.56. The van der Waals surface area contributed by atoms with E-state index in [4.69, 9.17) is 4.74 Å². The highest BCUT2D eigenvalue weighted by atomic mass is 19.4. The van der Waals surface area contributed by atoms with E-state index in [0.29, 0.717) is 22.6 Å². The number of ketones is 1. The SMILES string of the molecule is COc1ccc([C@@]2(C(F)(F)F)C=Nc3ccc(C(C)=O)cc3C2)cc1. The summed E-state index contributed by atoms with van der Waals surface area (Å²) in [6.45, 7) is 1.38. The molecule has 1 heterocycles. The molecule has 3 rings (SSSR count). The molecule has 0 aromatic heterocycles. The molecule has 0 unspecified atom stereocenters. The molecule has 0 spiro atoms. The summed E-state index contributed by atoms with van der Waals surface area (Å²) in [6.07, 6.45) is -3.87. The Labute approximate surface area is 143 Å². The fraction of sp³-hybridized carbons (Fsp3) is 0.263. The molecule has 0 aliphatic carbocycles. The van der Waals surface area contributed by atoms with Crippen LogP contribution in [0.2, 0.25) is 0 Å². The third-order valence-corrected chi connectivity index (χ3v) is 4.49. The van der Waals surface area contributed by atoms with E-state index in [9.17, 15) is 18.0 Å². The molecule has 1 atom stereocenters. The number of hydrogen-bond donors (Lipinski definition) is 0. The Morgan fingerprint density at radius 1 is 1.16 bits per heavy atom. The average Bonchev–Trinajstić information content (AvgIpc) is 2.59. The van der Waals surface area contributed by atoms with E-state index < -0.39 is 11.6 Å². The van der Waals surface area contributed by atoms with E-state index in [2.05, 4.69) is 4.99 Å². The second-order valence-electron chi connectivity index (χ2n) is 6.03. The smallest absolute Gasteiger partial charge is 0.403 e. The first kappa shape index (κ1) is 17.2. The molecule has 6 heteroatoms. The van der Waals surface area contributed by atoms with Gasteiger partial charge >= 0.3 is 6.18 Å². The van der Waals surface area contributed by atoms with Crippen molar-refractivity contribution in [3.63, 3.8) is 0 Å². The quantitative estimate of drug-likeness (QED) is 0.758. The van der Waals surface area contributed by atoms with E-state index >= 15 is 0 Å². The largest absolute Gasteiger partial charge is 0.497 e. The number of rotatable bonds is 3. The standard InChI is InChI=1S/C19H16F3NO2/c1-12(24)13-3-8-17-14(9-13)10-18(11-23-17,19(20,21)22)15-4-6-16(25-2)7-5-15/h3-9,11H,10H2,1-2H3/t18-/m0/s1. The summed E-state index contributed by atoms with van der Waals surface area (Å²) in [7, 11) is 1.45. The van der Waals surface area contributed by atoms with Crippen LogP contribution >= 0.6 is 0 Å². The third kappa shape index (κ3) is 2.92. The Morgan fingerprint density at radius 3 is 2.40 bits per heavy atom. The summed E-state index contributed by atoms with van der Waals surface area (Å²) in [5.41, 5.74) is -0.909. The van der Waals surface area contributed by atoms with Gasteiger partial charge in [0.2, 0.25) is 0 Å². The van der Waals surface area contributed by atoms with Gasteiger partial charge in [-0.3, -0.25) is 9.79 Å². The van der Waals surface area contributed by atoms with Gasteiger partial charge in [-0.1, -0.05) is 12.1 Å². The molecule has 3 nitrogen and oxygen atoms in total. The molecule has 2 aromatic rings. The molecule has 0 radical (unpaired) electrons. The number of halogens is 3. The zero-order valence-corrected chi connectivity index (χ0v) is 13.7. The van der Waals surface area contributed by atoms with Crippen molar-refractivity contribution >= 4 is 17.7 Å². The lowest BCUT2D eigenvalue weighted by Gasteiger charge is -2.35. The van der Waals surface area contributed by atoms with Crippen molar-refractivity contribution in [2.75, 3.05) is 7.11 Å². The second kappa shape index (κ2) is 6.02. The summed E-state index contributed by atoms with van der Waals surface area (Å²) in [5, 5.41) is 0. The van der Waals surface area contributed by atoms with E-state index in [-0.39, 0.29) is 17.8 Å². The van der Waals surface area contributed by atoms with Crippen molar-refractivity contribution in [1.29, 1.82) is 0 Å². The van der Waals surface area contributed by atoms with Gasteiger partial charge in [-0.2, -0.15) is 13.2 Å². The number of carbonyl (C=O) groups excluding carboxylic acids is 1. The first-order valence-corrected chi connectivity index (χ1v) is 7.67. The Hall–Kier alpha value is -2.63. The predicted molar refractivity (Wildman–Crippen MR) is 89.0 cm³/mol. The van der Waals surface area contributed by atoms with E-state index in [1.54, 1.807) is 12.1 Å². The Bertz CT molecular complexity index is 841. The summed E-state index contributed by atoms with van der Waals surface area (Å²) in [4.78, 5) is 15.6. The molecule has 1 aliphatic heterocycles. The lowest BCUT2D eigenvalue weighted by Crippen LogP contribution is -2.47. The van der Waals surface area contributed by atoms with Gasteiger partial charge in [-0.05, 0) is 54.8 Å². The van der Waals surface area contributed by atoms with Gasteiger partial charge in [0.25, 0.3) is 0 Å². The lowest BCUT2D eigenvalue weighted by molar-refractivity contribution is -0.168. The Kier molecular flexibility index (Phi) is 4.14. The predicted octanol–water partition coefficient (Wildman–Crippen LogP) is 4.66. The van der Waals surface area contributed by atoms with Crippen LogP contribution in [-0.2, 0) is 11.8 Å². The fourth-order valence-corrected chi connectivity index (χ4v) is 3.00.